The third-order valence-electron chi connectivity index (χ3n) is 4.58. The zero-order valence-electron chi connectivity index (χ0n) is 17.1. The Balaban J connectivity index is 1.73. The van der Waals surface area contributed by atoms with Crippen LogP contribution in [-0.2, 0) is 17.8 Å². The topological polar surface area (TPSA) is 64.0 Å². The Morgan fingerprint density at radius 1 is 1.07 bits per heavy atom. The molecule has 0 spiro atoms. The molecule has 0 saturated heterocycles. The van der Waals surface area contributed by atoms with E-state index in [9.17, 15) is 9.59 Å². The fourth-order valence-electron chi connectivity index (χ4n) is 3.09. The maximum atomic E-state index is 13.0. The normalized spacial score (nSPS) is 12.3. The molecule has 0 bridgehead atoms. The van der Waals surface area contributed by atoms with E-state index in [0.29, 0.717) is 35.1 Å². The molecule has 0 unspecified atom stereocenters. The lowest BCUT2D eigenvalue weighted by atomic mass is 10.1. The molecule has 0 aliphatic heterocycles. The lowest BCUT2D eigenvalue weighted by Gasteiger charge is -2.17. The molecule has 0 radical (unpaired) electrons. The van der Waals surface area contributed by atoms with Crippen LogP contribution in [0.15, 0.2) is 64.5 Å². The molecular formula is C23H27N3O2S. The van der Waals surface area contributed by atoms with Crippen molar-refractivity contribution in [1.82, 2.24) is 14.9 Å². The van der Waals surface area contributed by atoms with Crippen molar-refractivity contribution in [3.8, 4) is 0 Å². The van der Waals surface area contributed by atoms with Gasteiger partial charge in [-0.2, -0.15) is 0 Å². The van der Waals surface area contributed by atoms with Gasteiger partial charge in [-0.3, -0.25) is 14.2 Å². The quantitative estimate of drug-likeness (QED) is 0.453. The van der Waals surface area contributed by atoms with Gasteiger partial charge in [0, 0.05) is 13.1 Å². The number of carbonyl (C=O) groups excluding carboxylic acids is 1. The van der Waals surface area contributed by atoms with Crippen LogP contribution >= 0.6 is 11.8 Å². The summed E-state index contributed by atoms with van der Waals surface area (Å²) in [5, 5.41) is 3.84. The van der Waals surface area contributed by atoms with Crippen molar-refractivity contribution in [2.24, 2.45) is 5.92 Å². The van der Waals surface area contributed by atoms with Gasteiger partial charge in [0.2, 0.25) is 5.91 Å². The zero-order valence-corrected chi connectivity index (χ0v) is 17.9. The van der Waals surface area contributed by atoms with E-state index in [1.54, 1.807) is 10.6 Å². The van der Waals surface area contributed by atoms with Crippen molar-refractivity contribution in [2.75, 3.05) is 6.54 Å². The molecule has 152 valence electrons. The van der Waals surface area contributed by atoms with Crippen LogP contribution in [0.3, 0.4) is 0 Å². The molecular weight excluding hydrogens is 382 g/mol. The number of nitrogens with one attached hydrogen (secondary N) is 1. The number of hydrogen-bond acceptors (Lipinski definition) is 4. The summed E-state index contributed by atoms with van der Waals surface area (Å²) >= 11 is 1.34. The minimum atomic E-state index is -0.350. The van der Waals surface area contributed by atoms with Crippen molar-refractivity contribution in [3.63, 3.8) is 0 Å². The van der Waals surface area contributed by atoms with Gasteiger partial charge in [-0.25, -0.2) is 4.98 Å². The first kappa shape index (κ1) is 21.1. The first-order chi connectivity index (χ1) is 14.0. The monoisotopic (exact) mass is 409 g/mol. The van der Waals surface area contributed by atoms with Crippen LogP contribution in [0.4, 0.5) is 0 Å². The Morgan fingerprint density at radius 2 is 1.76 bits per heavy atom. The SMILES string of the molecule is CC(C)Cn1c(S[C@@H](C)C(=O)NCCc2ccccc2)nc2ccccc2c1=O. The van der Waals surface area contributed by atoms with Gasteiger partial charge in [0.05, 0.1) is 16.2 Å². The van der Waals surface area contributed by atoms with Crippen molar-refractivity contribution in [3.05, 3.63) is 70.5 Å². The molecule has 1 heterocycles. The summed E-state index contributed by atoms with van der Waals surface area (Å²) in [5.74, 6) is 0.245. The van der Waals surface area contributed by atoms with Crippen LogP contribution in [0.25, 0.3) is 10.9 Å². The fraction of sp³-hybridized carbons (Fsp3) is 0.348. The first-order valence-electron chi connectivity index (χ1n) is 9.93. The van der Waals surface area contributed by atoms with E-state index in [-0.39, 0.29) is 16.7 Å². The van der Waals surface area contributed by atoms with Crippen molar-refractivity contribution in [1.29, 1.82) is 0 Å². The number of hydrogen-bond donors (Lipinski definition) is 1. The molecule has 0 fully saturated rings. The molecule has 0 aliphatic carbocycles. The van der Waals surface area contributed by atoms with Crippen LogP contribution in [0, 0.1) is 5.92 Å². The largest absolute Gasteiger partial charge is 0.355 e. The Hall–Kier alpha value is -2.60. The van der Waals surface area contributed by atoms with Crippen LogP contribution in [0.1, 0.15) is 26.3 Å². The lowest BCUT2D eigenvalue weighted by Crippen LogP contribution is -2.33. The molecule has 1 N–H and O–H groups in total. The van der Waals surface area contributed by atoms with E-state index in [4.69, 9.17) is 0 Å². The minimum absolute atomic E-state index is 0.0514. The van der Waals surface area contributed by atoms with Crippen LogP contribution in [0.2, 0.25) is 0 Å². The highest BCUT2D eigenvalue weighted by Crippen LogP contribution is 2.23. The molecule has 29 heavy (non-hydrogen) atoms. The smallest absolute Gasteiger partial charge is 0.262 e. The van der Waals surface area contributed by atoms with E-state index in [2.05, 4.69) is 24.1 Å². The Bertz CT molecular complexity index is 1030. The molecule has 1 amide bonds. The number of para-hydroxylation sites is 1. The van der Waals surface area contributed by atoms with Gasteiger partial charge in [0.1, 0.15) is 0 Å². The van der Waals surface area contributed by atoms with E-state index < -0.39 is 0 Å². The van der Waals surface area contributed by atoms with Crippen LogP contribution in [0.5, 0.6) is 0 Å². The van der Waals surface area contributed by atoms with Crippen molar-refractivity contribution < 1.29 is 4.79 Å². The molecule has 3 aromatic rings. The summed E-state index contributed by atoms with van der Waals surface area (Å²) < 4.78 is 1.70. The number of amides is 1. The van der Waals surface area contributed by atoms with Gasteiger partial charge >= 0.3 is 0 Å². The molecule has 0 aliphatic rings. The van der Waals surface area contributed by atoms with Gasteiger partial charge in [0.25, 0.3) is 5.56 Å². The number of benzene rings is 2. The van der Waals surface area contributed by atoms with Gasteiger partial charge in [-0.05, 0) is 37.0 Å². The predicted molar refractivity (Wildman–Crippen MR) is 119 cm³/mol. The van der Waals surface area contributed by atoms with Gasteiger partial charge in [-0.15, -0.1) is 0 Å². The maximum Gasteiger partial charge on any atom is 0.262 e. The van der Waals surface area contributed by atoms with E-state index in [0.717, 1.165) is 6.42 Å². The van der Waals surface area contributed by atoms with Crippen molar-refractivity contribution >= 4 is 28.6 Å². The third-order valence-corrected chi connectivity index (χ3v) is 5.67. The number of thioether (sulfide) groups is 1. The molecule has 1 aromatic heterocycles. The second-order valence-electron chi connectivity index (χ2n) is 7.51. The molecule has 2 aromatic carbocycles. The third kappa shape index (κ3) is 5.48. The molecule has 6 heteroatoms. The van der Waals surface area contributed by atoms with E-state index in [1.807, 2.05) is 55.5 Å². The minimum Gasteiger partial charge on any atom is -0.355 e. The van der Waals surface area contributed by atoms with Crippen LogP contribution in [-0.4, -0.2) is 27.3 Å². The second kappa shape index (κ2) is 9.74. The summed E-state index contributed by atoms with van der Waals surface area (Å²) in [7, 11) is 0. The van der Waals surface area contributed by atoms with E-state index in [1.165, 1.54) is 17.3 Å². The summed E-state index contributed by atoms with van der Waals surface area (Å²) in [5.41, 5.74) is 1.80. The zero-order chi connectivity index (χ0) is 20.8. The van der Waals surface area contributed by atoms with Gasteiger partial charge in [0.15, 0.2) is 5.16 Å². The number of rotatable bonds is 8. The summed E-state index contributed by atoms with van der Waals surface area (Å²) in [6, 6.07) is 17.4. The van der Waals surface area contributed by atoms with E-state index >= 15 is 0 Å². The Labute approximate surface area is 175 Å². The molecule has 0 saturated carbocycles. The highest BCUT2D eigenvalue weighted by molar-refractivity contribution is 8.00. The number of nitrogens with zero attached hydrogens (tertiary/aromatic N) is 2. The van der Waals surface area contributed by atoms with Gasteiger partial charge < -0.3 is 5.32 Å². The average Bonchev–Trinajstić information content (AvgIpc) is 2.71. The summed E-state index contributed by atoms with van der Waals surface area (Å²) in [6.45, 7) is 7.13. The Kier molecular flexibility index (Phi) is 7.09. The fourth-order valence-corrected chi connectivity index (χ4v) is 4.04. The highest BCUT2D eigenvalue weighted by Gasteiger charge is 2.19. The average molecular weight is 410 g/mol. The van der Waals surface area contributed by atoms with Gasteiger partial charge in [-0.1, -0.05) is 68.1 Å². The highest BCUT2D eigenvalue weighted by atomic mass is 32.2. The first-order valence-corrected chi connectivity index (χ1v) is 10.8. The Morgan fingerprint density at radius 3 is 2.48 bits per heavy atom. The molecule has 1 atom stereocenters. The number of fused-ring (bicyclic) bond motifs is 1. The van der Waals surface area contributed by atoms with Crippen molar-refractivity contribution in [2.45, 2.75) is 44.1 Å². The second-order valence-corrected chi connectivity index (χ2v) is 8.82. The summed E-state index contributed by atoms with van der Waals surface area (Å²) in [4.78, 5) is 30.2. The summed E-state index contributed by atoms with van der Waals surface area (Å²) in [6.07, 6.45) is 0.788. The lowest BCUT2D eigenvalue weighted by molar-refractivity contribution is -0.120. The maximum absolute atomic E-state index is 13.0. The number of aromatic nitrogens is 2. The molecule has 3 rings (SSSR count). The predicted octanol–water partition coefficient (Wildman–Crippen LogP) is 3.89. The molecule has 5 nitrogen and oxygen atoms in total. The van der Waals surface area contributed by atoms with Crippen LogP contribution < -0.4 is 10.9 Å². The number of carbonyl (C=O) groups is 1. The standard InChI is InChI=1S/C23H27N3O2S/c1-16(2)15-26-22(28)19-11-7-8-12-20(19)25-23(26)29-17(3)21(27)24-14-13-18-9-5-4-6-10-18/h4-12,16-17H,13-15H2,1-3H3,(H,24,27)/t17-/m0/s1.